The molecule has 0 radical (unpaired) electrons. The van der Waals surface area contributed by atoms with Crippen molar-refractivity contribution in [2.24, 2.45) is 0 Å². The second-order valence-electron chi connectivity index (χ2n) is 5.19. The molecule has 108 valence electrons. The summed E-state index contributed by atoms with van der Waals surface area (Å²) in [4.78, 5) is 8.62. The van der Waals surface area contributed by atoms with Crippen molar-refractivity contribution in [3.05, 3.63) is 45.3 Å². The lowest BCUT2D eigenvalue weighted by Gasteiger charge is -2.03. The summed E-state index contributed by atoms with van der Waals surface area (Å²) in [6.45, 7) is 16.0. The molecule has 0 saturated heterocycles. The third-order valence-corrected chi connectivity index (χ3v) is 3.72. The maximum atomic E-state index is 4.31. The Morgan fingerprint density at radius 2 is 0.650 bits per heavy atom. The molecular formula is C16H24N4. The quantitative estimate of drug-likeness (QED) is 0.737. The summed E-state index contributed by atoms with van der Waals surface area (Å²) in [6.07, 6.45) is 0. The van der Waals surface area contributed by atoms with Crippen LogP contribution < -0.4 is 0 Å². The van der Waals surface area contributed by atoms with Crippen molar-refractivity contribution in [2.75, 3.05) is 0 Å². The van der Waals surface area contributed by atoms with Gasteiger partial charge in [-0.2, -0.15) is 10.2 Å². The van der Waals surface area contributed by atoms with E-state index in [0.717, 1.165) is 34.2 Å². The second kappa shape index (κ2) is 6.55. The van der Waals surface area contributed by atoms with Crippen LogP contribution in [-0.4, -0.2) is 20.2 Å². The summed E-state index contributed by atoms with van der Waals surface area (Å²) in [5.41, 5.74) is 8.70. The monoisotopic (exact) mass is 272 g/mol. The molecule has 0 saturated carbocycles. The summed E-state index contributed by atoms with van der Waals surface area (Å²) in [5.74, 6) is 0. The Bertz CT molecular complexity index is 541. The third-order valence-electron chi connectivity index (χ3n) is 3.72. The highest BCUT2D eigenvalue weighted by atomic mass is 15.1. The lowest BCUT2D eigenvalue weighted by Crippen LogP contribution is -1.97. The lowest BCUT2D eigenvalue weighted by molar-refractivity contribution is 0.905. The molecule has 2 aromatic heterocycles. The van der Waals surface area contributed by atoms with Gasteiger partial charge in [-0.1, -0.05) is 0 Å². The Morgan fingerprint density at radius 1 is 0.400 bits per heavy atom. The molecule has 0 aromatic carbocycles. The Morgan fingerprint density at radius 3 is 0.900 bits per heavy atom. The Balaban J connectivity index is 0.000000200. The van der Waals surface area contributed by atoms with Crippen LogP contribution in [0.2, 0.25) is 0 Å². The molecule has 2 aromatic rings. The zero-order valence-electron chi connectivity index (χ0n) is 13.8. The van der Waals surface area contributed by atoms with Crippen LogP contribution in [0.25, 0.3) is 0 Å². The maximum Gasteiger partial charge on any atom is 0.0632 e. The van der Waals surface area contributed by atoms with E-state index < -0.39 is 0 Å². The van der Waals surface area contributed by atoms with Gasteiger partial charge in [-0.05, 0) is 66.5 Å². The second-order valence-corrected chi connectivity index (χ2v) is 5.19. The Labute approximate surface area is 121 Å². The number of rotatable bonds is 0. The van der Waals surface area contributed by atoms with Crippen LogP contribution in [0.4, 0.5) is 0 Å². The summed E-state index contributed by atoms with van der Waals surface area (Å²) < 4.78 is 0. The van der Waals surface area contributed by atoms with Crippen LogP contribution in [0.15, 0.2) is 0 Å². The Hall–Kier alpha value is -1.84. The van der Waals surface area contributed by atoms with Crippen LogP contribution in [0, 0.1) is 55.4 Å². The van der Waals surface area contributed by atoms with Crippen LogP contribution in [0.3, 0.4) is 0 Å². The first kappa shape index (κ1) is 16.2. The van der Waals surface area contributed by atoms with Crippen molar-refractivity contribution >= 4 is 0 Å². The number of aromatic nitrogens is 4. The average molecular weight is 272 g/mol. The van der Waals surface area contributed by atoms with Gasteiger partial charge < -0.3 is 0 Å². The summed E-state index contributed by atoms with van der Waals surface area (Å²) >= 11 is 0. The molecule has 0 N–H and O–H groups in total. The zero-order chi connectivity index (χ0) is 15.4. The lowest BCUT2D eigenvalue weighted by atomic mass is 10.1. The van der Waals surface area contributed by atoms with Crippen LogP contribution in [-0.2, 0) is 0 Å². The van der Waals surface area contributed by atoms with Gasteiger partial charge in [0, 0.05) is 0 Å². The van der Waals surface area contributed by atoms with Crippen LogP contribution in [0.5, 0.6) is 0 Å². The largest absolute Gasteiger partial charge is 0.255 e. The van der Waals surface area contributed by atoms with Crippen molar-refractivity contribution in [1.29, 1.82) is 0 Å². The molecule has 0 fully saturated rings. The van der Waals surface area contributed by atoms with Crippen LogP contribution >= 0.6 is 0 Å². The maximum absolute atomic E-state index is 4.31. The topological polar surface area (TPSA) is 51.6 Å². The Kier molecular flexibility index (Phi) is 5.31. The molecule has 0 aliphatic rings. The van der Waals surface area contributed by atoms with Gasteiger partial charge in [0.25, 0.3) is 0 Å². The first-order chi connectivity index (χ1) is 9.23. The van der Waals surface area contributed by atoms with Crippen molar-refractivity contribution in [3.8, 4) is 0 Å². The summed E-state index contributed by atoms with van der Waals surface area (Å²) in [5, 5.41) is 7.98. The number of nitrogens with zero attached hydrogens (tertiary/aromatic N) is 4. The van der Waals surface area contributed by atoms with E-state index in [-0.39, 0.29) is 0 Å². The van der Waals surface area contributed by atoms with Crippen LogP contribution in [0.1, 0.15) is 45.3 Å². The zero-order valence-corrected chi connectivity index (χ0v) is 13.8. The van der Waals surface area contributed by atoms with E-state index in [1.165, 1.54) is 11.1 Å². The van der Waals surface area contributed by atoms with Gasteiger partial charge in [0.15, 0.2) is 0 Å². The van der Waals surface area contributed by atoms with E-state index in [1.54, 1.807) is 0 Å². The van der Waals surface area contributed by atoms with Gasteiger partial charge in [0.2, 0.25) is 0 Å². The van der Waals surface area contributed by atoms with Gasteiger partial charge in [0.05, 0.1) is 34.2 Å². The van der Waals surface area contributed by atoms with E-state index in [0.29, 0.717) is 0 Å². The van der Waals surface area contributed by atoms with Gasteiger partial charge in [-0.15, -0.1) is 0 Å². The normalized spacial score (nSPS) is 10.0. The molecular weight excluding hydrogens is 248 g/mol. The number of aryl methyl sites for hydroxylation is 6. The number of hydrogen-bond donors (Lipinski definition) is 0. The summed E-state index contributed by atoms with van der Waals surface area (Å²) in [6, 6.07) is 0. The first-order valence-corrected chi connectivity index (χ1v) is 6.79. The minimum absolute atomic E-state index is 1.03. The molecule has 0 amide bonds. The third kappa shape index (κ3) is 3.83. The fraction of sp³-hybridized carbons (Fsp3) is 0.500. The predicted molar refractivity (Wildman–Crippen MR) is 82.0 cm³/mol. The van der Waals surface area contributed by atoms with Crippen molar-refractivity contribution in [2.45, 2.75) is 55.4 Å². The first-order valence-electron chi connectivity index (χ1n) is 6.79. The molecule has 0 atom stereocenters. The predicted octanol–water partition coefficient (Wildman–Crippen LogP) is 3.42. The fourth-order valence-corrected chi connectivity index (χ4v) is 1.67. The van der Waals surface area contributed by atoms with E-state index in [9.17, 15) is 0 Å². The highest BCUT2D eigenvalue weighted by Gasteiger charge is 2.01. The molecule has 0 aliphatic heterocycles. The van der Waals surface area contributed by atoms with E-state index in [2.05, 4.69) is 34.0 Å². The van der Waals surface area contributed by atoms with Gasteiger partial charge in [-0.25, -0.2) is 0 Å². The van der Waals surface area contributed by atoms with Crippen molar-refractivity contribution < 1.29 is 0 Å². The van der Waals surface area contributed by atoms with Crippen molar-refractivity contribution in [1.82, 2.24) is 20.2 Å². The molecule has 4 nitrogen and oxygen atoms in total. The molecule has 2 heterocycles. The fourth-order valence-electron chi connectivity index (χ4n) is 1.67. The van der Waals surface area contributed by atoms with Crippen molar-refractivity contribution in [3.63, 3.8) is 0 Å². The molecule has 4 heteroatoms. The minimum atomic E-state index is 1.03. The minimum Gasteiger partial charge on any atom is -0.255 e. The smallest absolute Gasteiger partial charge is 0.0632 e. The van der Waals surface area contributed by atoms with Gasteiger partial charge >= 0.3 is 0 Å². The van der Waals surface area contributed by atoms with E-state index in [4.69, 9.17) is 0 Å². The molecule has 0 unspecified atom stereocenters. The van der Waals surface area contributed by atoms with Gasteiger partial charge in [0.1, 0.15) is 0 Å². The molecule has 0 bridgehead atoms. The molecule has 0 spiro atoms. The molecule has 20 heavy (non-hydrogen) atoms. The van der Waals surface area contributed by atoms with E-state index >= 15 is 0 Å². The average Bonchev–Trinajstić information content (AvgIpc) is 2.39. The van der Waals surface area contributed by atoms with E-state index in [1.807, 2.05) is 41.5 Å². The molecule has 2 rings (SSSR count). The highest BCUT2D eigenvalue weighted by molar-refractivity contribution is 5.28. The van der Waals surface area contributed by atoms with Gasteiger partial charge in [-0.3, -0.25) is 9.97 Å². The highest BCUT2D eigenvalue weighted by Crippen LogP contribution is 2.10. The number of hydrogen-bond acceptors (Lipinski definition) is 4. The standard InChI is InChI=1S/2C8H12N2/c1-5-6(2)10-8(4)7(3)9-5;1-5-6(2)8(4)10-9-7(5)3/h2*1-4H3. The molecule has 0 aliphatic carbocycles. The SMILES string of the molecule is Cc1nc(C)c(C)nc1C.Cc1nnc(C)c(C)c1C. The summed E-state index contributed by atoms with van der Waals surface area (Å²) in [7, 11) is 0.